The number of rotatable bonds is 5. The van der Waals surface area contributed by atoms with Gasteiger partial charge in [-0.3, -0.25) is 4.79 Å². The van der Waals surface area contributed by atoms with Gasteiger partial charge in [0.05, 0.1) is 17.5 Å². The molecule has 0 aliphatic carbocycles. The Kier molecular flexibility index (Phi) is 4.97. The zero-order valence-electron chi connectivity index (χ0n) is 11.4. The van der Waals surface area contributed by atoms with Gasteiger partial charge >= 0.3 is 0 Å². The Morgan fingerprint density at radius 3 is 2.78 bits per heavy atom. The average molecular weight is 251 g/mol. The number of carbonyl (C=O) groups is 1. The molecule has 0 radical (unpaired) electrons. The number of anilines is 2. The fourth-order valence-electron chi connectivity index (χ4n) is 1.72. The molecule has 0 spiro atoms. The number of benzene rings is 1. The highest BCUT2D eigenvalue weighted by molar-refractivity contribution is 5.96. The highest BCUT2D eigenvalue weighted by Crippen LogP contribution is 2.24. The van der Waals surface area contributed by atoms with Gasteiger partial charge in [-0.25, -0.2) is 0 Å². The number of likely N-dealkylation sites (N-methyl/N-ethyl adjacent to an activating group) is 1. The predicted molar refractivity (Wildman–Crippen MR) is 74.0 cm³/mol. The second-order valence-electron chi connectivity index (χ2n) is 4.28. The van der Waals surface area contributed by atoms with Crippen LogP contribution in [0, 0.1) is 0 Å². The summed E-state index contributed by atoms with van der Waals surface area (Å²) in [7, 11) is 5.20. The normalized spacial score (nSPS) is 12.0. The van der Waals surface area contributed by atoms with Gasteiger partial charge in [0.1, 0.15) is 0 Å². The van der Waals surface area contributed by atoms with Gasteiger partial charge in [0.25, 0.3) is 5.91 Å². The summed E-state index contributed by atoms with van der Waals surface area (Å²) in [6, 6.07) is 5.25. The molecule has 1 rings (SSSR count). The molecule has 0 aliphatic heterocycles. The maximum Gasteiger partial charge on any atom is 0.251 e. The maximum atomic E-state index is 11.6. The first-order valence-corrected chi connectivity index (χ1v) is 5.85. The molecule has 100 valence electrons. The fourth-order valence-corrected chi connectivity index (χ4v) is 1.72. The van der Waals surface area contributed by atoms with E-state index in [1.54, 1.807) is 32.4 Å². The number of hydrogen-bond donors (Lipinski definition) is 2. The van der Waals surface area contributed by atoms with Crippen molar-refractivity contribution < 1.29 is 9.53 Å². The average Bonchev–Trinajstić information content (AvgIpc) is 2.37. The molecule has 0 aliphatic rings. The van der Waals surface area contributed by atoms with Gasteiger partial charge in [-0.1, -0.05) is 0 Å². The van der Waals surface area contributed by atoms with E-state index in [1.807, 2.05) is 18.9 Å². The maximum absolute atomic E-state index is 11.6. The lowest BCUT2D eigenvalue weighted by atomic mass is 10.1. The molecule has 1 aromatic rings. The quantitative estimate of drug-likeness (QED) is 0.769. The van der Waals surface area contributed by atoms with Crippen LogP contribution in [0.15, 0.2) is 18.2 Å². The molecule has 0 heterocycles. The molecular weight excluding hydrogens is 230 g/mol. The molecule has 18 heavy (non-hydrogen) atoms. The Morgan fingerprint density at radius 1 is 1.56 bits per heavy atom. The van der Waals surface area contributed by atoms with Crippen molar-refractivity contribution in [2.45, 2.75) is 13.0 Å². The van der Waals surface area contributed by atoms with Gasteiger partial charge in [-0.2, -0.15) is 0 Å². The number of methoxy groups -OCH3 is 1. The standard InChI is InChI=1S/C13H21N3O2/c1-9(18-4)8-16(3)12-7-10(13(17)15-2)5-6-11(12)14/h5-7,9H,8,14H2,1-4H3,(H,15,17). The van der Waals surface area contributed by atoms with Crippen LogP contribution in [0.25, 0.3) is 0 Å². The predicted octanol–water partition coefficient (Wildman–Crippen LogP) is 1.10. The second-order valence-corrected chi connectivity index (χ2v) is 4.28. The zero-order chi connectivity index (χ0) is 13.7. The van der Waals surface area contributed by atoms with Crippen molar-refractivity contribution in [3.05, 3.63) is 23.8 Å². The third kappa shape index (κ3) is 3.37. The lowest BCUT2D eigenvalue weighted by Crippen LogP contribution is -2.29. The topological polar surface area (TPSA) is 67.6 Å². The summed E-state index contributed by atoms with van der Waals surface area (Å²) in [6.07, 6.45) is 0.0954. The number of nitrogen functional groups attached to an aromatic ring is 1. The number of nitrogens with zero attached hydrogens (tertiary/aromatic N) is 1. The summed E-state index contributed by atoms with van der Waals surface area (Å²) in [5, 5.41) is 2.60. The van der Waals surface area contributed by atoms with Gasteiger partial charge in [0.15, 0.2) is 0 Å². The highest BCUT2D eigenvalue weighted by atomic mass is 16.5. The molecule has 3 N–H and O–H groups in total. The van der Waals surface area contributed by atoms with Crippen LogP contribution in [-0.4, -0.2) is 39.8 Å². The summed E-state index contributed by atoms with van der Waals surface area (Å²) < 4.78 is 5.22. The Hall–Kier alpha value is -1.75. The molecule has 1 aromatic carbocycles. The summed E-state index contributed by atoms with van der Waals surface area (Å²) in [4.78, 5) is 13.6. The molecule has 1 amide bonds. The molecule has 5 heteroatoms. The Balaban J connectivity index is 2.96. The minimum Gasteiger partial charge on any atom is -0.397 e. The smallest absolute Gasteiger partial charge is 0.251 e. The largest absolute Gasteiger partial charge is 0.397 e. The van der Waals surface area contributed by atoms with E-state index in [0.29, 0.717) is 17.8 Å². The number of hydrogen-bond acceptors (Lipinski definition) is 4. The number of carbonyl (C=O) groups excluding carboxylic acids is 1. The third-order valence-corrected chi connectivity index (χ3v) is 2.86. The molecule has 0 aromatic heterocycles. The van der Waals surface area contributed by atoms with Gasteiger partial charge in [-0.15, -0.1) is 0 Å². The molecule has 0 bridgehead atoms. The number of amides is 1. The van der Waals surface area contributed by atoms with Gasteiger partial charge in [0, 0.05) is 33.3 Å². The summed E-state index contributed by atoms with van der Waals surface area (Å²) in [6.45, 7) is 2.69. The first-order valence-electron chi connectivity index (χ1n) is 5.85. The lowest BCUT2D eigenvalue weighted by Gasteiger charge is -2.24. The Bertz CT molecular complexity index is 421. The van der Waals surface area contributed by atoms with E-state index in [1.165, 1.54) is 0 Å². The SMILES string of the molecule is CNC(=O)c1ccc(N)c(N(C)CC(C)OC)c1. The van der Waals surface area contributed by atoms with Crippen molar-refractivity contribution >= 4 is 17.3 Å². The first kappa shape index (κ1) is 14.3. The van der Waals surface area contributed by atoms with Crippen molar-refractivity contribution in [3.8, 4) is 0 Å². The highest BCUT2D eigenvalue weighted by Gasteiger charge is 2.12. The monoisotopic (exact) mass is 251 g/mol. The molecule has 0 fully saturated rings. The van der Waals surface area contributed by atoms with Crippen LogP contribution in [0.2, 0.25) is 0 Å². The second kappa shape index (κ2) is 6.26. The number of ether oxygens (including phenoxy) is 1. The van der Waals surface area contributed by atoms with Crippen molar-refractivity contribution in [1.82, 2.24) is 5.32 Å². The Morgan fingerprint density at radius 2 is 2.22 bits per heavy atom. The van der Waals surface area contributed by atoms with E-state index in [9.17, 15) is 4.79 Å². The van der Waals surface area contributed by atoms with Crippen LogP contribution in [0.4, 0.5) is 11.4 Å². The molecule has 1 atom stereocenters. The lowest BCUT2D eigenvalue weighted by molar-refractivity contribution is 0.0963. The van der Waals surface area contributed by atoms with Crippen LogP contribution < -0.4 is 16.0 Å². The first-order chi connectivity index (χ1) is 8.49. The minimum absolute atomic E-state index is 0.0954. The van der Waals surface area contributed by atoms with Crippen molar-refractivity contribution in [2.24, 2.45) is 0 Å². The van der Waals surface area contributed by atoms with E-state index in [4.69, 9.17) is 10.5 Å². The van der Waals surface area contributed by atoms with Crippen LogP contribution in [0.1, 0.15) is 17.3 Å². The molecule has 0 saturated heterocycles. The number of nitrogens with one attached hydrogen (secondary N) is 1. The van der Waals surface area contributed by atoms with Crippen LogP contribution in [0.5, 0.6) is 0 Å². The van der Waals surface area contributed by atoms with Crippen LogP contribution >= 0.6 is 0 Å². The van der Waals surface area contributed by atoms with E-state index >= 15 is 0 Å². The van der Waals surface area contributed by atoms with E-state index < -0.39 is 0 Å². The van der Waals surface area contributed by atoms with Crippen molar-refractivity contribution in [2.75, 3.05) is 38.4 Å². The van der Waals surface area contributed by atoms with E-state index in [0.717, 1.165) is 5.69 Å². The zero-order valence-corrected chi connectivity index (χ0v) is 11.4. The van der Waals surface area contributed by atoms with E-state index in [-0.39, 0.29) is 12.0 Å². The molecular formula is C13H21N3O2. The van der Waals surface area contributed by atoms with Crippen molar-refractivity contribution in [3.63, 3.8) is 0 Å². The minimum atomic E-state index is -0.121. The molecule has 0 saturated carbocycles. The van der Waals surface area contributed by atoms with Gasteiger partial charge < -0.3 is 20.7 Å². The molecule has 1 unspecified atom stereocenters. The summed E-state index contributed by atoms with van der Waals surface area (Å²) >= 11 is 0. The van der Waals surface area contributed by atoms with Crippen LogP contribution in [0.3, 0.4) is 0 Å². The fraction of sp³-hybridized carbons (Fsp3) is 0.462. The van der Waals surface area contributed by atoms with Gasteiger partial charge in [0.2, 0.25) is 0 Å². The number of nitrogens with two attached hydrogens (primary N) is 1. The third-order valence-electron chi connectivity index (χ3n) is 2.86. The van der Waals surface area contributed by atoms with Crippen molar-refractivity contribution in [1.29, 1.82) is 0 Å². The van der Waals surface area contributed by atoms with Crippen LogP contribution in [-0.2, 0) is 4.74 Å². The van der Waals surface area contributed by atoms with E-state index in [2.05, 4.69) is 5.32 Å². The Labute approximate surface area is 108 Å². The summed E-state index contributed by atoms with van der Waals surface area (Å²) in [5.41, 5.74) is 8.01. The molecule has 5 nitrogen and oxygen atoms in total. The summed E-state index contributed by atoms with van der Waals surface area (Å²) in [5.74, 6) is -0.121. The van der Waals surface area contributed by atoms with Gasteiger partial charge in [-0.05, 0) is 25.1 Å².